The van der Waals surface area contributed by atoms with E-state index < -0.39 is 6.04 Å². The van der Waals surface area contributed by atoms with Crippen LogP contribution in [0.25, 0.3) is 0 Å². The SMILES string of the molecule is Cc1ccc(C2CCN(C(=O)C(NC(=O)c3cccc(C([NH3+])=O)c3)C(C)C)CC2(C)C)cc1. The van der Waals surface area contributed by atoms with Gasteiger partial charge < -0.3 is 10.2 Å². The van der Waals surface area contributed by atoms with Gasteiger partial charge in [0.15, 0.2) is 0 Å². The maximum Gasteiger partial charge on any atom is 0.341 e. The highest BCUT2D eigenvalue weighted by Gasteiger charge is 2.40. The molecule has 1 heterocycles. The van der Waals surface area contributed by atoms with Crippen LogP contribution in [0.3, 0.4) is 0 Å². The number of likely N-dealkylation sites (tertiary alicyclic amines) is 1. The van der Waals surface area contributed by atoms with Gasteiger partial charge in [0.2, 0.25) is 5.91 Å². The Bertz CT molecular complexity index is 1030. The van der Waals surface area contributed by atoms with E-state index in [0.717, 1.165) is 6.42 Å². The number of aryl methyl sites for hydroxylation is 1. The number of amides is 3. The van der Waals surface area contributed by atoms with Gasteiger partial charge in [-0.2, -0.15) is 0 Å². The molecule has 3 rings (SSSR count). The van der Waals surface area contributed by atoms with Crippen LogP contribution >= 0.6 is 0 Å². The van der Waals surface area contributed by atoms with Crippen molar-refractivity contribution in [1.82, 2.24) is 10.2 Å². The first-order valence-corrected chi connectivity index (χ1v) is 11.6. The molecule has 1 fully saturated rings. The molecule has 6 heteroatoms. The average molecular weight is 451 g/mol. The molecule has 2 aromatic carbocycles. The molecule has 6 nitrogen and oxygen atoms in total. The lowest BCUT2D eigenvalue weighted by molar-refractivity contribution is -0.255. The number of hydrogen-bond acceptors (Lipinski definition) is 3. The summed E-state index contributed by atoms with van der Waals surface area (Å²) in [5.41, 5.74) is 6.59. The maximum atomic E-state index is 13.5. The number of quaternary nitrogens is 1. The normalized spacial score (nSPS) is 18.6. The Labute approximate surface area is 196 Å². The molecular weight excluding hydrogens is 414 g/mol. The van der Waals surface area contributed by atoms with Crippen LogP contribution in [0.4, 0.5) is 0 Å². The van der Waals surface area contributed by atoms with E-state index in [1.165, 1.54) is 17.2 Å². The molecule has 2 unspecified atom stereocenters. The van der Waals surface area contributed by atoms with Crippen LogP contribution in [0, 0.1) is 18.3 Å². The highest BCUT2D eigenvalue weighted by molar-refractivity contribution is 5.99. The molecular formula is C27H36N3O3+. The molecule has 3 amide bonds. The molecule has 2 aromatic rings. The van der Waals surface area contributed by atoms with Gasteiger partial charge in [0.1, 0.15) is 6.04 Å². The third-order valence-corrected chi connectivity index (χ3v) is 6.69. The molecule has 0 radical (unpaired) electrons. The number of carbonyl (C=O) groups excluding carboxylic acids is 3. The van der Waals surface area contributed by atoms with Gasteiger partial charge in [0.05, 0.1) is 5.56 Å². The Hall–Kier alpha value is -2.99. The van der Waals surface area contributed by atoms with Crippen molar-refractivity contribution in [2.45, 2.75) is 53.0 Å². The fourth-order valence-corrected chi connectivity index (χ4v) is 4.73. The molecule has 176 valence electrons. The lowest BCUT2D eigenvalue weighted by atomic mass is 9.70. The molecule has 4 N–H and O–H groups in total. The summed E-state index contributed by atoms with van der Waals surface area (Å²) in [6, 6.07) is 14.5. The van der Waals surface area contributed by atoms with Crippen molar-refractivity contribution in [3.05, 3.63) is 70.8 Å². The molecule has 0 spiro atoms. The van der Waals surface area contributed by atoms with Crippen LogP contribution in [0.5, 0.6) is 0 Å². The summed E-state index contributed by atoms with van der Waals surface area (Å²) in [6.45, 7) is 11.7. The molecule has 33 heavy (non-hydrogen) atoms. The largest absolute Gasteiger partial charge is 0.341 e. The summed E-state index contributed by atoms with van der Waals surface area (Å²) in [4.78, 5) is 39.9. The Kier molecular flexibility index (Phi) is 7.38. The molecule has 0 aliphatic carbocycles. The van der Waals surface area contributed by atoms with Crippen molar-refractivity contribution in [2.75, 3.05) is 13.1 Å². The Balaban J connectivity index is 1.73. The van der Waals surface area contributed by atoms with E-state index in [0.29, 0.717) is 30.1 Å². The summed E-state index contributed by atoms with van der Waals surface area (Å²) in [5, 5.41) is 2.91. The van der Waals surface area contributed by atoms with E-state index in [4.69, 9.17) is 0 Å². The monoisotopic (exact) mass is 450 g/mol. The van der Waals surface area contributed by atoms with Gasteiger partial charge >= 0.3 is 5.91 Å². The summed E-state index contributed by atoms with van der Waals surface area (Å²) in [7, 11) is 0. The number of piperidine rings is 1. The van der Waals surface area contributed by atoms with Crippen LogP contribution in [0.1, 0.15) is 71.9 Å². The van der Waals surface area contributed by atoms with Gasteiger partial charge in [-0.05, 0) is 54.4 Å². The van der Waals surface area contributed by atoms with Gasteiger partial charge in [-0.15, -0.1) is 0 Å². The third kappa shape index (κ3) is 5.69. The van der Waals surface area contributed by atoms with Gasteiger partial charge in [0, 0.05) is 18.7 Å². The van der Waals surface area contributed by atoms with Crippen LogP contribution in [-0.2, 0) is 4.79 Å². The smallest absolute Gasteiger partial charge is 0.340 e. The van der Waals surface area contributed by atoms with Crippen LogP contribution in [0.15, 0.2) is 48.5 Å². The molecule has 1 aliphatic heterocycles. The van der Waals surface area contributed by atoms with Gasteiger partial charge in [-0.3, -0.25) is 15.3 Å². The quantitative estimate of drug-likeness (QED) is 0.708. The second-order valence-electron chi connectivity index (χ2n) is 10.2. The Morgan fingerprint density at radius 1 is 1.06 bits per heavy atom. The zero-order valence-corrected chi connectivity index (χ0v) is 20.4. The van der Waals surface area contributed by atoms with Gasteiger partial charge in [-0.25, -0.2) is 4.79 Å². The minimum atomic E-state index is -0.636. The Morgan fingerprint density at radius 2 is 1.70 bits per heavy atom. The second kappa shape index (κ2) is 9.87. The zero-order valence-electron chi connectivity index (χ0n) is 20.4. The number of hydrogen-bond donors (Lipinski definition) is 2. The fraction of sp³-hybridized carbons (Fsp3) is 0.444. The van der Waals surface area contributed by atoms with Crippen molar-refractivity contribution in [3.8, 4) is 0 Å². The van der Waals surface area contributed by atoms with Gasteiger partial charge in [-0.1, -0.05) is 63.6 Å². The number of nitrogens with one attached hydrogen (secondary N) is 1. The third-order valence-electron chi connectivity index (χ3n) is 6.69. The summed E-state index contributed by atoms with van der Waals surface area (Å²) in [6.07, 6.45) is 0.883. The van der Waals surface area contributed by atoms with E-state index >= 15 is 0 Å². The minimum absolute atomic E-state index is 0.0572. The van der Waals surface area contributed by atoms with Crippen LogP contribution in [0.2, 0.25) is 0 Å². The predicted molar refractivity (Wildman–Crippen MR) is 129 cm³/mol. The van der Waals surface area contributed by atoms with Gasteiger partial charge in [0.25, 0.3) is 5.91 Å². The summed E-state index contributed by atoms with van der Waals surface area (Å²) < 4.78 is 0. The lowest BCUT2D eigenvalue weighted by Crippen LogP contribution is -2.57. The first kappa shape index (κ1) is 24.6. The summed E-state index contributed by atoms with van der Waals surface area (Å²) >= 11 is 0. The van der Waals surface area contributed by atoms with Crippen molar-refractivity contribution >= 4 is 17.7 Å². The fourth-order valence-electron chi connectivity index (χ4n) is 4.73. The van der Waals surface area contributed by atoms with E-state index in [-0.39, 0.29) is 29.1 Å². The number of nitrogens with zero attached hydrogens (tertiary/aromatic N) is 1. The first-order valence-electron chi connectivity index (χ1n) is 11.6. The number of rotatable bonds is 6. The van der Waals surface area contributed by atoms with E-state index in [9.17, 15) is 14.4 Å². The summed E-state index contributed by atoms with van der Waals surface area (Å²) in [5.74, 6) is -0.467. The zero-order chi connectivity index (χ0) is 24.3. The highest BCUT2D eigenvalue weighted by Crippen LogP contribution is 2.42. The second-order valence-corrected chi connectivity index (χ2v) is 10.2. The standard InChI is InChI=1S/C27H35N3O3/c1-17(2)23(29-25(32)21-8-6-7-20(15-21)24(28)31)26(33)30-14-13-22(27(4,5)16-30)19-11-9-18(3)10-12-19/h6-12,15,17,22-23H,13-14,16H2,1-5H3,(H2,28,31)(H,29,32)/p+1. The predicted octanol–water partition coefficient (Wildman–Crippen LogP) is 3.17. The van der Waals surface area contributed by atoms with E-state index in [1.54, 1.807) is 18.2 Å². The minimum Gasteiger partial charge on any atom is -0.340 e. The van der Waals surface area contributed by atoms with E-state index in [1.807, 2.05) is 18.7 Å². The average Bonchev–Trinajstić information content (AvgIpc) is 2.76. The van der Waals surface area contributed by atoms with Crippen molar-refractivity contribution in [2.24, 2.45) is 11.3 Å². The first-order chi connectivity index (χ1) is 15.5. The van der Waals surface area contributed by atoms with Crippen molar-refractivity contribution < 1.29 is 20.1 Å². The molecule has 2 atom stereocenters. The molecule has 1 aliphatic rings. The van der Waals surface area contributed by atoms with Crippen molar-refractivity contribution in [3.63, 3.8) is 0 Å². The number of carbonyl (C=O) groups is 3. The lowest BCUT2D eigenvalue weighted by Gasteiger charge is -2.45. The topological polar surface area (TPSA) is 94.1 Å². The highest BCUT2D eigenvalue weighted by atomic mass is 16.2. The molecule has 0 bridgehead atoms. The molecule has 1 saturated heterocycles. The number of benzene rings is 2. The Morgan fingerprint density at radius 3 is 2.27 bits per heavy atom. The van der Waals surface area contributed by atoms with Crippen LogP contribution < -0.4 is 11.1 Å². The maximum absolute atomic E-state index is 13.5. The molecule has 0 aromatic heterocycles. The molecule has 0 saturated carbocycles. The van der Waals surface area contributed by atoms with Crippen molar-refractivity contribution in [1.29, 1.82) is 0 Å². The van der Waals surface area contributed by atoms with Crippen LogP contribution in [-0.4, -0.2) is 41.8 Å². The van der Waals surface area contributed by atoms with E-state index in [2.05, 4.69) is 56.1 Å².